The van der Waals surface area contributed by atoms with E-state index in [1.165, 1.54) is 0 Å². The Kier molecular flexibility index (Phi) is 9.08. The Morgan fingerprint density at radius 2 is 0.933 bits per heavy atom. The zero-order valence-electron chi connectivity index (χ0n) is 20.5. The largest absolute Gasteiger partial charge is 0.493 e. The van der Waals surface area contributed by atoms with Gasteiger partial charge < -0.3 is 18.9 Å². The fraction of sp³-hybridized carbons (Fsp3) is 0.538. The lowest BCUT2D eigenvalue weighted by Gasteiger charge is -2.25. The van der Waals surface area contributed by atoms with Gasteiger partial charge in [0.05, 0.1) is 13.7 Å². The predicted molar refractivity (Wildman–Crippen MR) is 125 cm³/mol. The summed E-state index contributed by atoms with van der Waals surface area (Å²) in [5.41, 5.74) is -0.245. The second-order valence-electron chi connectivity index (χ2n) is 10.4. The van der Waals surface area contributed by atoms with Crippen LogP contribution in [-0.2, 0) is 0 Å². The molecule has 0 atom stereocenters. The highest BCUT2D eigenvalue weighted by Crippen LogP contribution is 2.31. The van der Waals surface area contributed by atoms with Gasteiger partial charge in [0.15, 0.2) is 23.0 Å². The number of methoxy groups -OCH3 is 1. The standard InChI is InChI=1S/C15H24O2.C11H16O2/c1-14(2,3)11-16-12-9-7-8-10-13(12)17-15(4,5)6;1-11(2,3)13-10-8-6-5-7-9(10)12-4/h7-10H,11H2,1-6H3;5-8H,1-4H3. The van der Waals surface area contributed by atoms with Crippen LogP contribution in [-0.4, -0.2) is 24.9 Å². The SMILES string of the molecule is CC(C)(C)COc1ccccc1OC(C)(C)C.COc1ccccc1OC(C)(C)C. The molecule has 0 aliphatic carbocycles. The van der Waals surface area contributed by atoms with Crippen LogP contribution in [0.1, 0.15) is 62.3 Å². The number of hydrogen-bond acceptors (Lipinski definition) is 4. The van der Waals surface area contributed by atoms with Gasteiger partial charge in [-0.15, -0.1) is 0 Å². The van der Waals surface area contributed by atoms with Gasteiger partial charge in [-0.2, -0.15) is 0 Å². The summed E-state index contributed by atoms with van der Waals surface area (Å²) in [7, 11) is 1.64. The second kappa shape index (κ2) is 10.6. The Hall–Kier alpha value is -2.36. The van der Waals surface area contributed by atoms with Gasteiger partial charge in [-0.1, -0.05) is 45.0 Å². The van der Waals surface area contributed by atoms with E-state index in [1.807, 2.05) is 90.1 Å². The van der Waals surface area contributed by atoms with E-state index in [4.69, 9.17) is 18.9 Å². The zero-order chi connectivity index (χ0) is 23.0. The van der Waals surface area contributed by atoms with Gasteiger partial charge in [0.1, 0.15) is 11.2 Å². The molecule has 4 nitrogen and oxygen atoms in total. The summed E-state index contributed by atoms with van der Waals surface area (Å²) in [6.07, 6.45) is 0. The molecule has 0 amide bonds. The van der Waals surface area contributed by atoms with Crippen LogP contribution < -0.4 is 18.9 Å². The van der Waals surface area contributed by atoms with E-state index in [0.717, 1.165) is 23.0 Å². The number of ether oxygens (including phenoxy) is 4. The lowest BCUT2D eigenvalue weighted by molar-refractivity contribution is 0.118. The van der Waals surface area contributed by atoms with Crippen molar-refractivity contribution < 1.29 is 18.9 Å². The number of rotatable bonds is 5. The average molecular weight is 417 g/mol. The van der Waals surface area contributed by atoms with Crippen molar-refractivity contribution in [3.8, 4) is 23.0 Å². The van der Waals surface area contributed by atoms with Crippen LogP contribution in [0.5, 0.6) is 23.0 Å². The van der Waals surface area contributed by atoms with Crippen molar-refractivity contribution in [1.82, 2.24) is 0 Å². The molecule has 168 valence electrons. The first-order valence-electron chi connectivity index (χ1n) is 10.4. The third-order valence-electron chi connectivity index (χ3n) is 3.41. The molecule has 4 heteroatoms. The zero-order valence-corrected chi connectivity index (χ0v) is 20.5. The Morgan fingerprint density at radius 3 is 1.30 bits per heavy atom. The number of hydrogen-bond donors (Lipinski definition) is 0. The summed E-state index contributed by atoms with van der Waals surface area (Å²) in [5.74, 6) is 3.19. The maximum absolute atomic E-state index is 5.87. The highest BCUT2D eigenvalue weighted by atomic mass is 16.5. The van der Waals surface area contributed by atoms with Crippen molar-refractivity contribution in [2.24, 2.45) is 5.41 Å². The minimum Gasteiger partial charge on any atom is -0.493 e. The van der Waals surface area contributed by atoms with Crippen LogP contribution in [0.15, 0.2) is 48.5 Å². The fourth-order valence-corrected chi connectivity index (χ4v) is 2.31. The monoisotopic (exact) mass is 416 g/mol. The van der Waals surface area contributed by atoms with Crippen molar-refractivity contribution in [2.75, 3.05) is 13.7 Å². The van der Waals surface area contributed by atoms with E-state index in [-0.39, 0.29) is 16.6 Å². The Labute approximate surface area is 183 Å². The van der Waals surface area contributed by atoms with Gasteiger partial charge in [-0.05, 0) is 71.2 Å². The quantitative estimate of drug-likeness (QED) is 0.518. The molecule has 0 saturated heterocycles. The number of para-hydroxylation sites is 4. The molecule has 0 radical (unpaired) electrons. The van der Waals surface area contributed by atoms with Crippen LogP contribution in [0.2, 0.25) is 0 Å². The molecule has 2 rings (SSSR count). The minimum atomic E-state index is -0.207. The lowest BCUT2D eigenvalue weighted by Crippen LogP contribution is -2.24. The number of benzene rings is 2. The molecule has 0 aliphatic rings. The van der Waals surface area contributed by atoms with Gasteiger partial charge in [0, 0.05) is 0 Å². The summed E-state index contributed by atoms with van der Waals surface area (Å²) < 4.78 is 22.6. The molecule has 0 fully saturated rings. The molecule has 2 aromatic rings. The molecule has 0 bridgehead atoms. The Bertz CT molecular complexity index is 762. The fourth-order valence-electron chi connectivity index (χ4n) is 2.31. The maximum atomic E-state index is 5.87. The van der Waals surface area contributed by atoms with E-state index in [2.05, 4.69) is 20.8 Å². The van der Waals surface area contributed by atoms with Crippen molar-refractivity contribution in [3.63, 3.8) is 0 Å². The average Bonchev–Trinajstić information content (AvgIpc) is 2.59. The summed E-state index contributed by atoms with van der Waals surface area (Å²) >= 11 is 0. The highest BCUT2D eigenvalue weighted by Gasteiger charge is 2.17. The van der Waals surface area contributed by atoms with Crippen molar-refractivity contribution in [2.45, 2.75) is 73.5 Å². The molecular formula is C26H40O4. The van der Waals surface area contributed by atoms with Crippen LogP contribution in [0.4, 0.5) is 0 Å². The summed E-state index contributed by atoms with van der Waals surface area (Å²) in [6, 6.07) is 15.5. The van der Waals surface area contributed by atoms with E-state index >= 15 is 0 Å². The molecule has 0 aromatic heterocycles. The first kappa shape index (κ1) is 25.7. The molecule has 0 aliphatic heterocycles. The maximum Gasteiger partial charge on any atom is 0.161 e. The molecular weight excluding hydrogens is 376 g/mol. The molecule has 0 saturated carbocycles. The normalized spacial score (nSPS) is 11.8. The molecule has 30 heavy (non-hydrogen) atoms. The van der Waals surface area contributed by atoms with Gasteiger partial charge in [-0.25, -0.2) is 0 Å². The van der Waals surface area contributed by atoms with E-state index in [1.54, 1.807) is 7.11 Å². The molecule has 0 heterocycles. The smallest absolute Gasteiger partial charge is 0.161 e. The molecule has 0 unspecified atom stereocenters. The van der Waals surface area contributed by atoms with Gasteiger partial charge in [0.25, 0.3) is 0 Å². The van der Waals surface area contributed by atoms with E-state index in [0.29, 0.717) is 6.61 Å². The van der Waals surface area contributed by atoms with Gasteiger partial charge in [-0.3, -0.25) is 0 Å². The Morgan fingerprint density at radius 1 is 0.567 bits per heavy atom. The molecule has 0 N–H and O–H groups in total. The van der Waals surface area contributed by atoms with Crippen LogP contribution >= 0.6 is 0 Å². The predicted octanol–water partition coefficient (Wildman–Crippen LogP) is 7.16. The first-order valence-corrected chi connectivity index (χ1v) is 10.4. The molecule has 2 aromatic carbocycles. The van der Waals surface area contributed by atoms with E-state index < -0.39 is 0 Å². The first-order chi connectivity index (χ1) is 13.7. The van der Waals surface area contributed by atoms with Crippen LogP contribution in [0.25, 0.3) is 0 Å². The Balaban J connectivity index is 0.000000311. The van der Waals surface area contributed by atoms with Gasteiger partial charge >= 0.3 is 0 Å². The third-order valence-corrected chi connectivity index (χ3v) is 3.41. The highest BCUT2D eigenvalue weighted by molar-refractivity contribution is 5.40. The second-order valence-corrected chi connectivity index (χ2v) is 10.4. The summed E-state index contributed by atoms with van der Waals surface area (Å²) in [6.45, 7) is 19.3. The van der Waals surface area contributed by atoms with E-state index in [9.17, 15) is 0 Å². The topological polar surface area (TPSA) is 36.9 Å². The third kappa shape index (κ3) is 11.0. The lowest BCUT2D eigenvalue weighted by atomic mass is 9.99. The van der Waals surface area contributed by atoms with Crippen LogP contribution in [0.3, 0.4) is 0 Å². The summed E-state index contributed by atoms with van der Waals surface area (Å²) in [4.78, 5) is 0. The van der Waals surface area contributed by atoms with Crippen LogP contribution in [0, 0.1) is 5.41 Å². The van der Waals surface area contributed by atoms with Gasteiger partial charge in [0.2, 0.25) is 0 Å². The molecule has 0 spiro atoms. The van der Waals surface area contributed by atoms with Crippen molar-refractivity contribution in [1.29, 1.82) is 0 Å². The summed E-state index contributed by atoms with van der Waals surface area (Å²) in [5, 5.41) is 0. The van der Waals surface area contributed by atoms with Crippen molar-refractivity contribution in [3.05, 3.63) is 48.5 Å². The van der Waals surface area contributed by atoms with Crippen molar-refractivity contribution >= 4 is 0 Å². The minimum absolute atomic E-state index is 0.148.